The average Bonchev–Trinajstić information content (AvgIpc) is 2.89. The van der Waals surface area contributed by atoms with Crippen molar-refractivity contribution >= 4 is 29.8 Å². The minimum Gasteiger partial charge on any atom is -0.458 e. The van der Waals surface area contributed by atoms with Crippen molar-refractivity contribution in [1.82, 2.24) is 4.90 Å². The zero-order valence-corrected chi connectivity index (χ0v) is 22.7. The van der Waals surface area contributed by atoms with Crippen molar-refractivity contribution in [1.29, 1.82) is 0 Å². The van der Waals surface area contributed by atoms with Crippen LogP contribution in [0.3, 0.4) is 0 Å². The van der Waals surface area contributed by atoms with E-state index in [-0.39, 0.29) is 23.9 Å². The molecule has 3 nitrogen and oxygen atoms in total. The Morgan fingerprint density at radius 3 is 1.83 bits per heavy atom. The van der Waals surface area contributed by atoms with Gasteiger partial charge in [-0.15, -0.1) is 0 Å². The first kappa shape index (κ1) is 27.1. The summed E-state index contributed by atoms with van der Waals surface area (Å²) in [5, 5.41) is 3.49. The largest absolute Gasteiger partial charge is 0.458 e. The van der Waals surface area contributed by atoms with Crippen LogP contribution in [0.1, 0.15) is 51.4 Å². The van der Waals surface area contributed by atoms with Gasteiger partial charge in [0.25, 0.3) is 0 Å². The zero-order chi connectivity index (χ0) is 25.2. The Morgan fingerprint density at radius 1 is 0.800 bits per heavy atom. The molecule has 0 aliphatic carbocycles. The molecule has 0 unspecified atom stereocenters. The van der Waals surface area contributed by atoms with Crippen molar-refractivity contribution in [3.8, 4) is 0 Å². The van der Waals surface area contributed by atoms with Gasteiger partial charge in [-0.3, -0.25) is 0 Å². The number of rotatable bonds is 12. The second-order valence-corrected chi connectivity index (χ2v) is 11.6. The summed E-state index contributed by atoms with van der Waals surface area (Å²) >= 11 is 0. The number of esters is 1. The number of hydrogen-bond donors (Lipinski definition) is 0. The lowest BCUT2D eigenvalue weighted by Crippen LogP contribution is -2.35. The number of carbonyl (C=O) groups excluding carboxylic acids is 1. The van der Waals surface area contributed by atoms with Crippen LogP contribution in [-0.2, 0) is 4.74 Å². The van der Waals surface area contributed by atoms with Crippen LogP contribution in [0.4, 0.5) is 0 Å². The van der Waals surface area contributed by atoms with Crippen LogP contribution in [0.15, 0.2) is 84.9 Å². The Hall–Kier alpha value is -2.48. The van der Waals surface area contributed by atoms with Crippen molar-refractivity contribution in [2.75, 3.05) is 19.6 Å². The Labute approximate surface area is 213 Å². The standard InChI is InChI=1S/C31H40NO2P/c1-6-32(7-2)23-22-25(5)30(24(3)4)34-31(33)28-20-14-15-21-29(28)35(26-16-10-8-11-17-26)27-18-12-9-13-19-27/h8-21,24-25,30H,6-7,22-23H2,1-5H3/t25-,30-/m1/s1. The molecule has 0 fully saturated rings. The van der Waals surface area contributed by atoms with Crippen LogP contribution in [0.25, 0.3) is 0 Å². The quantitative estimate of drug-likeness (QED) is 0.231. The summed E-state index contributed by atoms with van der Waals surface area (Å²) in [7, 11) is -0.882. The molecule has 0 radical (unpaired) electrons. The second kappa shape index (κ2) is 13.6. The molecule has 0 N–H and O–H groups in total. The van der Waals surface area contributed by atoms with Gasteiger partial charge in [0, 0.05) is 0 Å². The SMILES string of the molecule is CCN(CC)CC[C@@H](C)[C@H](OC(=O)c1ccccc1P(c1ccccc1)c1ccccc1)C(C)C. The fraction of sp³-hybridized carbons (Fsp3) is 0.387. The first-order valence-corrected chi connectivity index (χ1v) is 14.2. The van der Waals surface area contributed by atoms with Crippen molar-refractivity contribution in [3.05, 3.63) is 90.5 Å². The maximum Gasteiger partial charge on any atom is 0.339 e. The minimum atomic E-state index is -0.882. The first-order valence-electron chi connectivity index (χ1n) is 12.9. The average molecular weight is 490 g/mol. The highest BCUT2D eigenvalue weighted by Gasteiger charge is 2.28. The molecule has 0 heterocycles. The topological polar surface area (TPSA) is 29.5 Å². The van der Waals surface area contributed by atoms with Gasteiger partial charge < -0.3 is 9.64 Å². The van der Waals surface area contributed by atoms with E-state index in [1.807, 2.05) is 30.3 Å². The van der Waals surface area contributed by atoms with Gasteiger partial charge in [0.1, 0.15) is 6.10 Å². The third kappa shape index (κ3) is 7.26. The van der Waals surface area contributed by atoms with E-state index in [0.717, 1.165) is 31.4 Å². The maximum absolute atomic E-state index is 13.7. The molecule has 186 valence electrons. The van der Waals surface area contributed by atoms with E-state index in [9.17, 15) is 4.79 Å². The Bertz CT molecular complexity index is 995. The summed E-state index contributed by atoms with van der Waals surface area (Å²) in [6.07, 6.45) is 0.894. The van der Waals surface area contributed by atoms with E-state index in [2.05, 4.69) is 94.1 Å². The van der Waals surface area contributed by atoms with Gasteiger partial charge in [0.05, 0.1) is 5.56 Å². The fourth-order valence-corrected chi connectivity index (χ4v) is 7.05. The highest BCUT2D eigenvalue weighted by Crippen LogP contribution is 2.34. The molecule has 0 aliphatic rings. The highest BCUT2D eigenvalue weighted by molar-refractivity contribution is 7.80. The Kier molecular flexibility index (Phi) is 10.5. The normalized spacial score (nSPS) is 13.3. The summed E-state index contributed by atoms with van der Waals surface area (Å²) in [6, 6.07) is 29.0. The molecular formula is C31H40NO2P. The lowest BCUT2D eigenvalue weighted by molar-refractivity contribution is -0.00220. The van der Waals surface area contributed by atoms with Gasteiger partial charge in [0.2, 0.25) is 0 Å². The van der Waals surface area contributed by atoms with Gasteiger partial charge in [-0.05, 0) is 67.8 Å². The van der Waals surface area contributed by atoms with Gasteiger partial charge in [-0.25, -0.2) is 4.79 Å². The smallest absolute Gasteiger partial charge is 0.339 e. The summed E-state index contributed by atoms with van der Waals surface area (Å²) in [5.74, 6) is 0.326. The zero-order valence-electron chi connectivity index (χ0n) is 21.9. The number of ether oxygens (including phenoxy) is 1. The molecule has 0 aliphatic heterocycles. The van der Waals surface area contributed by atoms with E-state index >= 15 is 0 Å². The van der Waals surface area contributed by atoms with E-state index in [0.29, 0.717) is 5.56 Å². The number of hydrogen-bond acceptors (Lipinski definition) is 3. The van der Waals surface area contributed by atoms with Crippen LogP contribution >= 0.6 is 7.92 Å². The second-order valence-electron chi connectivity index (χ2n) is 9.43. The minimum absolute atomic E-state index is 0.120. The van der Waals surface area contributed by atoms with Crippen LogP contribution in [0.5, 0.6) is 0 Å². The van der Waals surface area contributed by atoms with Crippen molar-refractivity contribution < 1.29 is 9.53 Å². The van der Waals surface area contributed by atoms with Crippen LogP contribution < -0.4 is 15.9 Å². The number of nitrogens with zero attached hydrogens (tertiary/aromatic N) is 1. The van der Waals surface area contributed by atoms with Gasteiger partial charge in [-0.2, -0.15) is 0 Å². The molecule has 0 aromatic heterocycles. The van der Waals surface area contributed by atoms with Gasteiger partial charge >= 0.3 is 5.97 Å². The van der Waals surface area contributed by atoms with Crippen LogP contribution in [0.2, 0.25) is 0 Å². The van der Waals surface area contributed by atoms with E-state index < -0.39 is 7.92 Å². The summed E-state index contributed by atoms with van der Waals surface area (Å²) in [5.41, 5.74) is 0.674. The molecule has 4 heteroatoms. The molecule has 0 amide bonds. The molecular weight excluding hydrogens is 449 g/mol. The van der Waals surface area contributed by atoms with Crippen molar-refractivity contribution in [3.63, 3.8) is 0 Å². The van der Waals surface area contributed by atoms with Crippen LogP contribution in [-0.4, -0.2) is 36.6 Å². The Balaban J connectivity index is 1.91. The monoisotopic (exact) mass is 489 g/mol. The van der Waals surface area contributed by atoms with Gasteiger partial charge in [0.15, 0.2) is 0 Å². The lowest BCUT2D eigenvalue weighted by atomic mass is 9.91. The predicted octanol–water partition coefficient (Wildman–Crippen LogP) is 5.99. The molecule has 0 saturated heterocycles. The fourth-order valence-electron chi connectivity index (χ4n) is 4.61. The number of carbonyl (C=O) groups is 1. The van der Waals surface area contributed by atoms with Crippen molar-refractivity contribution in [2.24, 2.45) is 11.8 Å². The van der Waals surface area contributed by atoms with Gasteiger partial charge in [-0.1, -0.05) is 113 Å². The third-order valence-electron chi connectivity index (χ3n) is 6.65. The first-order chi connectivity index (χ1) is 17.0. The molecule has 2 atom stereocenters. The molecule has 0 bridgehead atoms. The van der Waals surface area contributed by atoms with Crippen molar-refractivity contribution in [2.45, 2.75) is 47.1 Å². The maximum atomic E-state index is 13.7. The highest BCUT2D eigenvalue weighted by atomic mass is 31.1. The summed E-state index contributed by atoms with van der Waals surface area (Å²) < 4.78 is 6.27. The lowest BCUT2D eigenvalue weighted by Gasteiger charge is -2.30. The van der Waals surface area contributed by atoms with E-state index in [1.54, 1.807) is 0 Å². The summed E-state index contributed by atoms with van der Waals surface area (Å²) in [6.45, 7) is 14.0. The summed E-state index contributed by atoms with van der Waals surface area (Å²) in [4.78, 5) is 16.1. The molecule has 3 aromatic rings. The molecule has 0 spiro atoms. The molecule has 3 rings (SSSR count). The van der Waals surface area contributed by atoms with Crippen LogP contribution in [0, 0.1) is 11.8 Å². The molecule has 0 saturated carbocycles. The number of benzene rings is 3. The molecule has 35 heavy (non-hydrogen) atoms. The Morgan fingerprint density at radius 2 is 1.31 bits per heavy atom. The van der Waals surface area contributed by atoms with E-state index in [1.165, 1.54) is 10.6 Å². The van der Waals surface area contributed by atoms with E-state index in [4.69, 9.17) is 4.74 Å². The molecule has 3 aromatic carbocycles. The third-order valence-corrected chi connectivity index (χ3v) is 9.15. The predicted molar refractivity (Wildman–Crippen MR) is 151 cm³/mol.